The smallest absolute Gasteiger partial charge is 0.0447 e. The van der Waals surface area contributed by atoms with Crippen LogP contribution in [0.5, 0.6) is 0 Å². The maximum Gasteiger partial charge on any atom is 0.0447 e. The van der Waals surface area contributed by atoms with Gasteiger partial charge in [0.25, 0.3) is 0 Å². The van der Waals surface area contributed by atoms with E-state index < -0.39 is 0 Å². The highest BCUT2D eigenvalue weighted by atomic mass is 35.5. The van der Waals surface area contributed by atoms with E-state index in [-0.39, 0.29) is 0 Å². The molecule has 0 N–H and O–H groups in total. The fraction of sp³-hybridized carbons (Fsp3) is 0.111. The molecule has 2 rings (SSSR count). The Morgan fingerprint density at radius 2 is 2.40 bits per heavy atom. The number of hydrogen-bond donors (Lipinski definition) is 0. The van der Waals surface area contributed by atoms with Crippen LogP contribution in [0.1, 0.15) is 11.1 Å². The van der Waals surface area contributed by atoms with Gasteiger partial charge in [-0.2, -0.15) is 0 Å². The molecule has 0 bridgehead atoms. The van der Waals surface area contributed by atoms with Crippen LogP contribution >= 0.6 is 11.6 Å². The average molecular weight is 150 g/mol. The van der Waals surface area contributed by atoms with E-state index in [1.807, 2.05) is 12.1 Å². The summed E-state index contributed by atoms with van der Waals surface area (Å²) in [5.74, 6) is 0. The number of allylic oxidation sites excluding steroid dienone is 1. The lowest BCUT2D eigenvalue weighted by atomic mass is 10.1. The Labute approximate surface area is 65.1 Å². The summed E-state index contributed by atoms with van der Waals surface area (Å²) < 4.78 is 0. The van der Waals surface area contributed by atoms with Gasteiger partial charge >= 0.3 is 0 Å². The second-order valence-corrected chi connectivity index (χ2v) is 2.73. The molecule has 0 heterocycles. The first kappa shape index (κ1) is 5.99. The van der Waals surface area contributed by atoms with Crippen LogP contribution in [0.25, 0.3) is 6.08 Å². The number of halogens is 1. The van der Waals surface area contributed by atoms with Crippen LogP contribution in [-0.2, 0) is 6.42 Å². The fourth-order valence-electron chi connectivity index (χ4n) is 1.17. The third-order valence-electron chi connectivity index (χ3n) is 1.69. The van der Waals surface area contributed by atoms with E-state index in [1.165, 1.54) is 5.56 Å². The molecule has 1 aromatic carbocycles. The topological polar surface area (TPSA) is 0 Å². The zero-order valence-electron chi connectivity index (χ0n) is 5.39. The molecule has 0 saturated heterocycles. The average Bonchev–Trinajstić information content (AvgIpc) is 2.36. The zero-order chi connectivity index (χ0) is 6.97. The molecule has 0 spiro atoms. The van der Waals surface area contributed by atoms with E-state index in [2.05, 4.69) is 18.2 Å². The van der Waals surface area contributed by atoms with Gasteiger partial charge in [0.2, 0.25) is 0 Å². The molecule has 10 heavy (non-hydrogen) atoms. The molecule has 0 saturated carbocycles. The summed E-state index contributed by atoms with van der Waals surface area (Å²) in [5.41, 5.74) is 2.36. The summed E-state index contributed by atoms with van der Waals surface area (Å²) in [5, 5.41) is 0.860. The van der Waals surface area contributed by atoms with Gasteiger partial charge in [0.15, 0.2) is 0 Å². The monoisotopic (exact) mass is 149 g/mol. The predicted molar refractivity (Wildman–Crippen MR) is 43.0 cm³/mol. The van der Waals surface area contributed by atoms with Gasteiger partial charge in [-0.1, -0.05) is 29.8 Å². The van der Waals surface area contributed by atoms with Crippen LogP contribution < -0.4 is 0 Å². The Hall–Kier alpha value is -0.750. The molecule has 0 aromatic heterocycles. The molecule has 0 nitrogen and oxygen atoms in total. The van der Waals surface area contributed by atoms with E-state index in [9.17, 15) is 0 Å². The van der Waals surface area contributed by atoms with E-state index in [4.69, 9.17) is 11.6 Å². The van der Waals surface area contributed by atoms with Crippen molar-refractivity contribution in [2.24, 2.45) is 0 Å². The Morgan fingerprint density at radius 1 is 1.50 bits per heavy atom. The molecule has 0 unspecified atom stereocenters. The molecule has 1 aliphatic carbocycles. The normalized spacial score (nSPS) is 13.7. The Balaban J connectivity index is 2.66. The van der Waals surface area contributed by atoms with Gasteiger partial charge in [-0.25, -0.2) is 0 Å². The number of hydrogen-bond acceptors (Lipinski definition) is 0. The minimum absolute atomic E-state index is 0.860. The minimum atomic E-state index is 0.860. The predicted octanol–water partition coefficient (Wildman–Crippen LogP) is 2.71. The van der Waals surface area contributed by atoms with Crippen molar-refractivity contribution in [2.45, 2.75) is 6.42 Å². The quantitative estimate of drug-likeness (QED) is 0.532. The molecular formula is C9H6Cl. The molecule has 0 amide bonds. The Morgan fingerprint density at radius 3 is 3.20 bits per heavy atom. The van der Waals surface area contributed by atoms with Crippen LogP contribution in [0.2, 0.25) is 5.02 Å². The highest BCUT2D eigenvalue weighted by molar-refractivity contribution is 6.31. The molecular weight excluding hydrogens is 144 g/mol. The summed E-state index contributed by atoms with van der Waals surface area (Å²) >= 11 is 5.91. The third kappa shape index (κ3) is 0.764. The Kier molecular flexibility index (Phi) is 1.28. The number of fused-ring (bicyclic) bond motifs is 1. The second-order valence-electron chi connectivity index (χ2n) is 2.32. The van der Waals surface area contributed by atoms with Gasteiger partial charge in [-0.05, 0) is 29.7 Å². The van der Waals surface area contributed by atoms with Crippen LogP contribution in [0.15, 0.2) is 18.2 Å². The first-order chi connectivity index (χ1) is 4.88. The number of benzene rings is 1. The molecule has 1 radical (unpaired) electrons. The van der Waals surface area contributed by atoms with E-state index in [1.54, 1.807) is 0 Å². The molecule has 1 aromatic rings. The van der Waals surface area contributed by atoms with Gasteiger partial charge in [0, 0.05) is 5.02 Å². The van der Waals surface area contributed by atoms with Crippen molar-refractivity contribution in [2.75, 3.05) is 0 Å². The highest BCUT2D eigenvalue weighted by Gasteiger charge is 2.06. The fourth-order valence-corrected chi connectivity index (χ4v) is 1.41. The second kappa shape index (κ2) is 2.14. The van der Waals surface area contributed by atoms with Crippen molar-refractivity contribution < 1.29 is 0 Å². The summed E-state index contributed by atoms with van der Waals surface area (Å²) in [6.07, 6.45) is 5.12. The van der Waals surface area contributed by atoms with E-state index in [0.717, 1.165) is 17.0 Å². The van der Waals surface area contributed by atoms with Crippen molar-refractivity contribution in [1.82, 2.24) is 0 Å². The lowest BCUT2D eigenvalue weighted by molar-refractivity contribution is 1.31. The van der Waals surface area contributed by atoms with Crippen molar-refractivity contribution in [3.8, 4) is 0 Å². The molecule has 1 heteroatoms. The summed E-state index contributed by atoms with van der Waals surface area (Å²) in [4.78, 5) is 0. The van der Waals surface area contributed by atoms with Gasteiger partial charge in [0.1, 0.15) is 0 Å². The number of rotatable bonds is 0. The van der Waals surface area contributed by atoms with Crippen LogP contribution in [0, 0.1) is 6.07 Å². The van der Waals surface area contributed by atoms with Crippen LogP contribution in [-0.4, -0.2) is 0 Å². The van der Waals surface area contributed by atoms with Crippen LogP contribution in [0.3, 0.4) is 0 Å². The van der Waals surface area contributed by atoms with Crippen LogP contribution in [0.4, 0.5) is 0 Å². The van der Waals surface area contributed by atoms with Crippen molar-refractivity contribution in [3.63, 3.8) is 0 Å². The first-order valence-corrected chi connectivity index (χ1v) is 3.61. The van der Waals surface area contributed by atoms with Gasteiger partial charge in [0.05, 0.1) is 0 Å². The molecule has 49 valence electrons. The van der Waals surface area contributed by atoms with Crippen molar-refractivity contribution in [1.29, 1.82) is 0 Å². The van der Waals surface area contributed by atoms with E-state index >= 15 is 0 Å². The van der Waals surface area contributed by atoms with Crippen molar-refractivity contribution >= 4 is 17.7 Å². The van der Waals surface area contributed by atoms with Crippen molar-refractivity contribution in [3.05, 3.63) is 40.4 Å². The maximum absolute atomic E-state index is 5.91. The van der Waals surface area contributed by atoms with Gasteiger partial charge in [-0.15, -0.1) is 0 Å². The Bertz CT molecular complexity index is 287. The minimum Gasteiger partial charge on any atom is -0.0840 e. The third-order valence-corrected chi connectivity index (χ3v) is 2.04. The maximum atomic E-state index is 5.91. The largest absolute Gasteiger partial charge is 0.0840 e. The van der Waals surface area contributed by atoms with Gasteiger partial charge < -0.3 is 0 Å². The standard InChI is InChI=1S/C9H6Cl/c10-9-6-2-4-7-3-1-5-8(7)9/h1-3,6H,5H2. The lowest BCUT2D eigenvalue weighted by Gasteiger charge is -1.98. The summed E-state index contributed by atoms with van der Waals surface area (Å²) in [6, 6.07) is 6.86. The summed E-state index contributed by atoms with van der Waals surface area (Å²) in [6.45, 7) is 0. The molecule has 0 aliphatic heterocycles. The molecule has 0 atom stereocenters. The molecule has 0 fully saturated rings. The first-order valence-electron chi connectivity index (χ1n) is 3.23. The van der Waals surface area contributed by atoms with Gasteiger partial charge in [-0.3, -0.25) is 0 Å². The molecule has 1 aliphatic rings. The lowest BCUT2D eigenvalue weighted by Crippen LogP contribution is -1.81. The zero-order valence-corrected chi connectivity index (χ0v) is 6.15. The van der Waals surface area contributed by atoms with E-state index in [0.29, 0.717) is 0 Å². The summed E-state index contributed by atoms with van der Waals surface area (Å²) in [7, 11) is 0. The SMILES string of the molecule is Clc1cc[c]c2c1CC=C2. The highest BCUT2D eigenvalue weighted by Crippen LogP contribution is 2.25.